The largest absolute Gasteiger partial charge is 0.337 e. The molecule has 3 rings (SSSR count). The van der Waals surface area contributed by atoms with Crippen LogP contribution in [-0.2, 0) is 12.0 Å². The normalized spacial score (nSPS) is 26.6. The summed E-state index contributed by atoms with van der Waals surface area (Å²) in [4.78, 5) is 8.60. The molecule has 5 heteroatoms. The van der Waals surface area contributed by atoms with Crippen molar-refractivity contribution in [3.63, 3.8) is 0 Å². The highest BCUT2D eigenvalue weighted by Crippen LogP contribution is 2.36. The molecule has 2 atom stereocenters. The van der Waals surface area contributed by atoms with Crippen LogP contribution < -0.4 is 5.73 Å². The van der Waals surface area contributed by atoms with Gasteiger partial charge in [0.05, 0.1) is 5.54 Å². The molecule has 2 heterocycles. The van der Waals surface area contributed by atoms with Gasteiger partial charge in [0.1, 0.15) is 0 Å². The van der Waals surface area contributed by atoms with Gasteiger partial charge in [0.15, 0.2) is 5.82 Å². The molecular formula is C15H20N4O. The van der Waals surface area contributed by atoms with Crippen molar-refractivity contribution in [1.82, 2.24) is 15.1 Å². The van der Waals surface area contributed by atoms with Crippen molar-refractivity contribution in [3.8, 4) is 0 Å². The highest BCUT2D eigenvalue weighted by Gasteiger charge is 2.37. The number of nitrogens with zero attached hydrogens (tertiary/aromatic N) is 3. The number of aromatic nitrogens is 3. The van der Waals surface area contributed by atoms with Crippen LogP contribution in [0.1, 0.15) is 49.9 Å². The summed E-state index contributed by atoms with van der Waals surface area (Å²) in [6.45, 7) is 2.23. The van der Waals surface area contributed by atoms with Crippen LogP contribution in [0.25, 0.3) is 0 Å². The Hall–Kier alpha value is -1.75. The Labute approximate surface area is 118 Å². The van der Waals surface area contributed by atoms with Crippen molar-refractivity contribution in [2.45, 2.75) is 44.6 Å². The fourth-order valence-corrected chi connectivity index (χ4v) is 3.00. The van der Waals surface area contributed by atoms with E-state index in [1.54, 1.807) is 6.20 Å². The Morgan fingerprint density at radius 1 is 1.50 bits per heavy atom. The summed E-state index contributed by atoms with van der Waals surface area (Å²) in [5.74, 6) is 1.88. The molecule has 1 aliphatic rings. The van der Waals surface area contributed by atoms with E-state index >= 15 is 0 Å². The van der Waals surface area contributed by atoms with Gasteiger partial charge >= 0.3 is 0 Å². The second-order valence-electron chi connectivity index (χ2n) is 5.91. The van der Waals surface area contributed by atoms with Crippen molar-refractivity contribution < 1.29 is 4.52 Å². The molecular weight excluding hydrogens is 252 g/mol. The average Bonchev–Trinajstić information content (AvgIpc) is 2.89. The molecule has 2 aromatic heterocycles. The maximum atomic E-state index is 6.47. The molecule has 0 aromatic carbocycles. The monoisotopic (exact) mass is 272 g/mol. The second kappa shape index (κ2) is 5.32. The molecule has 20 heavy (non-hydrogen) atoms. The molecule has 0 saturated heterocycles. The first kappa shape index (κ1) is 13.2. The fourth-order valence-electron chi connectivity index (χ4n) is 3.00. The van der Waals surface area contributed by atoms with Gasteiger partial charge in [0.2, 0.25) is 5.89 Å². The Balaban J connectivity index is 1.76. The van der Waals surface area contributed by atoms with Crippen LogP contribution in [-0.4, -0.2) is 15.1 Å². The summed E-state index contributed by atoms with van der Waals surface area (Å²) in [5, 5.41) is 4.06. The van der Waals surface area contributed by atoms with Gasteiger partial charge in [0.25, 0.3) is 0 Å². The number of hydrogen-bond acceptors (Lipinski definition) is 5. The van der Waals surface area contributed by atoms with E-state index in [-0.39, 0.29) is 0 Å². The van der Waals surface area contributed by atoms with Gasteiger partial charge in [-0.2, -0.15) is 4.98 Å². The number of rotatable bonds is 3. The molecule has 2 N–H and O–H groups in total. The van der Waals surface area contributed by atoms with E-state index in [0.717, 1.165) is 24.8 Å². The van der Waals surface area contributed by atoms with E-state index in [2.05, 4.69) is 22.0 Å². The topological polar surface area (TPSA) is 77.8 Å². The first-order valence-electron chi connectivity index (χ1n) is 7.16. The molecule has 0 radical (unpaired) electrons. The zero-order valence-electron chi connectivity index (χ0n) is 11.7. The molecule has 0 amide bonds. The molecule has 5 nitrogen and oxygen atoms in total. The lowest BCUT2D eigenvalue weighted by molar-refractivity contribution is 0.183. The zero-order chi connectivity index (χ0) is 14.0. The van der Waals surface area contributed by atoms with Crippen molar-refractivity contribution in [3.05, 3.63) is 41.8 Å². The highest BCUT2D eigenvalue weighted by molar-refractivity contribution is 5.14. The molecule has 1 fully saturated rings. The maximum Gasteiger partial charge on any atom is 0.246 e. The van der Waals surface area contributed by atoms with Crippen LogP contribution in [0.3, 0.4) is 0 Å². The highest BCUT2D eigenvalue weighted by atomic mass is 16.5. The van der Waals surface area contributed by atoms with Gasteiger partial charge in [-0.15, -0.1) is 0 Å². The van der Waals surface area contributed by atoms with Crippen molar-refractivity contribution in [1.29, 1.82) is 0 Å². The summed E-state index contributed by atoms with van der Waals surface area (Å²) in [6.07, 6.45) is 8.39. The van der Waals surface area contributed by atoms with Crippen LogP contribution >= 0.6 is 0 Å². The van der Waals surface area contributed by atoms with Crippen molar-refractivity contribution in [2.24, 2.45) is 11.7 Å². The lowest BCUT2D eigenvalue weighted by Crippen LogP contribution is -2.41. The molecule has 0 bridgehead atoms. The van der Waals surface area contributed by atoms with Gasteiger partial charge in [-0.05, 0) is 30.4 Å². The molecule has 2 aromatic rings. The molecule has 0 spiro atoms. The van der Waals surface area contributed by atoms with Crippen molar-refractivity contribution in [2.75, 3.05) is 0 Å². The molecule has 2 unspecified atom stereocenters. The molecule has 1 aliphatic carbocycles. The van der Waals surface area contributed by atoms with Crippen LogP contribution in [0, 0.1) is 5.92 Å². The minimum atomic E-state index is -0.447. The summed E-state index contributed by atoms with van der Waals surface area (Å²) >= 11 is 0. The summed E-state index contributed by atoms with van der Waals surface area (Å²) < 4.78 is 5.42. The smallest absolute Gasteiger partial charge is 0.246 e. The van der Waals surface area contributed by atoms with E-state index < -0.39 is 5.54 Å². The number of hydrogen-bond donors (Lipinski definition) is 1. The first-order valence-corrected chi connectivity index (χ1v) is 7.16. The van der Waals surface area contributed by atoms with Crippen LogP contribution in [0.5, 0.6) is 0 Å². The Kier molecular flexibility index (Phi) is 3.53. The minimum absolute atomic E-state index is 0.447. The quantitative estimate of drug-likeness (QED) is 0.928. The summed E-state index contributed by atoms with van der Waals surface area (Å²) in [5.41, 5.74) is 7.09. The Morgan fingerprint density at radius 2 is 2.40 bits per heavy atom. The fraction of sp³-hybridized carbons (Fsp3) is 0.533. The van der Waals surface area contributed by atoms with Gasteiger partial charge in [-0.1, -0.05) is 31.0 Å². The van der Waals surface area contributed by atoms with Gasteiger partial charge in [-0.25, -0.2) is 0 Å². The van der Waals surface area contributed by atoms with Crippen LogP contribution in [0.15, 0.2) is 29.0 Å². The van der Waals surface area contributed by atoms with Crippen molar-refractivity contribution >= 4 is 0 Å². The number of pyridine rings is 1. The average molecular weight is 272 g/mol. The zero-order valence-corrected chi connectivity index (χ0v) is 11.7. The van der Waals surface area contributed by atoms with Crippen LogP contribution in [0.2, 0.25) is 0 Å². The first-order chi connectivity index (χ1) is 9.66. The third-order valence-corrected chi connectivity index (χ3v) is 4.01. The standard InChI is InChI=1S/C15H20N4O/c1-11-4-2-6-15(16,9-11)14-18-13(19-20-14)8-12-5-3-7-17-10-12/h3,5,7,10-11H,2,4,6,8-9,16H2,1H3. The minimum Gasteiger partial charge on any atom is -0.337 e. The predicted molar refractivity (Wildman–Crippen MR) is 74.8 cm³/mol. The lowest BCUT2D eigenvalue weighted by Gasteiger charge is -2.33. The summed E-state index contributed by atoms with van der Waals surface area (Å²) in [6, 6.07) is 3.91. The summed E-state index contributed by atoms with van der Waals surface area (Å²) in [7, 11) is 0. The van der Waals surface area contributed by atoms with Gasteiger partial charge in [-0.3, -0.25) is 4.98 Å². The van der Waals surface area contributed by atoms with Gasteiger partial charge in [0, 0.05) is 18.8 Å². The number of nitrogens with two attached hydrogens (primary N) is 1. The van der Waals surface area contributed by atoms with E-state index in [0.29, 0.717) is 24.1 Å². The van der Waals surface area contributed by atoms with Gasteiger partial charge < -0.3 is 10.3 Å². The third-order valence-electron chi connectivity index (χ3n) is 4.01. The van der Waals surface area contributed by atoms with E-state index in [4.69, 9.17) is 10.3 Å². The van der Waals surface area contributed by atoms with E-state index in [9.17, 15) is 0 Å². The predicted octanol–water partition coefficient (Wildman–Crippen LogP) is 2.42. The molecule has 0 aliphatic heterocycles. The molecule has 1 saturated carbocycles. The van der Waals surface area contributed by atoms with E-state index in [1.165, 1.54) is 6.42 Å². The van der Waals surface area contributed by atoms with E-state index in [1.807, 2.05) is 18.3 Å². The SMILES string of the molecule is CC1CCCC(N)(c2nc(Cc3cccnc3)no2)C1. The van der Waals surface area contributed by atoms with Crippen LogP contribution in [0.4, 0.5) is 0 Å². The Morgan fingerprint density at radius 3 is 3.15 bits per heavy atom. The second-order valence-corrected chi connectivity index (χ2v) is 5.91. The third kappa shape index (κ3) is 2.72. The maximum absolute atomic E-state index is 6.47. The lowest BCUT2D eigenvalue weighted by atomic mass is 9.77. The Bertz CT molecular complexity index is 568. The molecule has 106 valence electrons.